The zero-order chi connectivity index (χ0) is 17.6. The molecule has 134 valence electrons. The Morgan fingerprint density at radius 1 is 0.680 bits per heavy atom. The SMILES string of the molecule is CCCCCCCCCc1ccccc1OC=COc1ccccc1. The Morgan fingerprint density at radius 3 is 2.12 bits per heavy atom. The van der Waals surface area contributed by atoms with Gasteiger partial charge in [0.05, 0.1) is 0 Å². The summed E-state index contributed by atoms with van der Waals surface area (Å²) in [7, 11) is 0. The van der Waals surface area contributed by atoms with Crippen LogP contribution in [0.2, 0.25) is 0 Å². The van der Waals surface area contributed by atoms with E-state index in [0.29, 0.717) is 0 Å². The number of hydrogen-bond donors (Lipinski definition) is 0. The van der Waals surface area contributed by atoms with E-state index < -0.39 is 0 Å². The molecule has 0 aliphatic rings. The highest BCUT2D eigenvalue weighted by atomic mass is 16.5. The van der Waals surface area contributed by atoms with Gasteiger partial charge in [0, 0.05) is 0 Å². The summed E-state index contributed by atoms with van der Waals surface area (Å²) in [5.74, 6) is 1.72. The van der Waals surface area contributed by atoms with E-state index in [4.69, 9.17) is 9.47 Å². The van der Waals surface area contributed by atoms with Crippen LogP contribution < -0.4 is 9.47 Å². The average molecular weight is 338 g/mol. The second-order valence-corrected chi connectivity index (χ2v) is 6.30. The Balaban J connectivity index is 1.72. The normalized spacial score (nSPS) is 10.9. The van der Waals surface area contributed by atoms with Gasteiger partial charge in [-0.3, -0.25) is 0 Å². The Labute approximate surface area is 152 Å². The molecule has 0 heterocycles. The molecule has 2 aromatic rings. The molecule has 0 unspecified atom stereocenters. The van der Waals surface area contributed by atoms with E-state index in [1.807, 2.05) is 42.5 Å². The second kappa shape index (κ2) is 12.2. The van der Waals surface area contributed by atoms with Crippen LogP contribution in [0.5, 0.6) is 11.5 Å². The van der Waals surface area contributed by atoms with Crippen LogP contribution in [0, 0.1) is 0 Å². The van der Waals surface area contributed by atoms with Crippen LogP contribution >= 0.6 is 0 Å². The van der Waals surface area contributed by atoms with Gasteiger partial charge in [-0.15, -0.1) is 0 Å². The molecule has 25 heavy (non-hydrogen) atoms. The molecule has 0 radical (unpaired) electrons. The standard InChI is InChI=1S/C23H30O2/c1-2-3-4-5-6-7-9-14-21-15-12-13-18-23(21)25-20-19-24-22-16-10-8-11-17-22/h8,10-13,15-20H,2-7,9,14H2,1H3. The van der Waals surface area contributed by atoms with Gasteiger partial charge in [0.1, 0.15) is 24.0 Å². The van der Waals surface area contributed by atoms with Crippen LogP contribution in [-0.2, 0) is 6.42 Å². The summed E-state index contributed by atoms with van der Waals surface area (Å²) in [6.07, 6.45) is 13.5. The summed E-state index contributed by atoms with van der Waals surface area (Å²) in [5, 5.41) is 0. The lowest BCUT2D eigenvalue weighted by molar-refractivity contribution is 0.418. The number of benzene rings is 2. The molecule has 0 N–H and O–H groups in total. The molecule has 0 aliphatic carbocycles. The first-order valence-electron chi connectivity index (χ1n) is 9.51. The van der Waals surface area contributed by atoms with Crippen molar-refractivity contribution in [3.8, 4) is 11.5 Å². The molecule has 0 aromatic heterocycles. The summed E-state index contributed by atoms with van der Waals surface area (Å²) < 4.78 is 11.3. The molecule has 2 rings (SSSR count). The van der Waals surface area contributed by atoms with Gasteiger partial charge in [-0.05, 0) is 36.6 Å². The zero-order valence-corrected chi connectivity index (χ0v) is 15.3. The summed E-state index contributed by atoms with van der Waals surface area (Å²) in [5.41, 5.74) is 1.26. The van der Waals surface area contributed by atoms with Gasteiger partial charge in [0.25, 0.3) is 0 Å². The largest absolute Gasteiger partial charge is 0.462 e. The Morgan fingerprint density at radius 2 is 1.32 bits per heavy atom. The van der Waals surface area contributed by atoms with E-state index in [0.717, 1.165) is 17.9 Å². The van der Waals surface area contributed by atoms with Gasteiger partial charge in [-0.25, -0.2) is 0 Å². The number of aryl methyl sites for hydroxylation is 1. The van der Waals surface area contributed by atoms with Crippen LogP contribution in [0.25, 0.3) is 0 Å². The molecule has 0 saturated heterocycles. The van der Waals surface area contributed by atoms with E-state index in [9.17, 15) is 0 Å². The van der Waals surface area contributed by atoms with Gasteiger partial charge in [-0.2, -0.15) is 0 Å². The van der Waals surface area contributed by atoms with Crippen LogP contribution in [-0.4, -0.2) is 0 Å². The summed E-state index contributed by atoms with van der Waals surface area (Å²) in [6, 6.07) is 17.9. The number of unbranched alkanes of at least 4 members (excludes halogenated alkanes) is 6. The maximum absolute atomic E-state index is 5.76. The summed E-state index contributed by atoms with van der Waals surface area (Å²) >= 11 is 0. The summed E-state index contributed by atoms with van der Waals surface area (Å²) in [4.78, 5) is 0. The van der Waals surface area contributed by atoms with E-state index in [1.54, 1.807) is 12.5 Å². The van der Waals surface area contributed by atoms with Crippen LogP contribution in [0.15, 0.2) is 67.1 Å². The van der Waals surface area contributed by atoms with Crippen molar-refractivity contribution in [3.05, 3.63) is 72.7 Å². The van der Waals surface area contributed by atoms with Crippen molar-refractivity contribution in [3.63, 3.8) is 0 Å². The fourth-order valence-electron chi connectivity index (χ4n) is 2.80. The zero-order valence-electron chi connectivity index (χ0n) is 15.3. The van der Waals surface area contributed by atoms with Crippen LogP contribution in [0.1, 0.15) is 57.4 Å². The first-order chi connectivity index (χ1) is 12.4. The average Bonchev–Trinajstić information content (AvgIpc) is 2.66. The minimum atomic E-state index is 0.804. The molecule has 2 nitrogen and oxygen atoms in total. The lowest BCUT2D eigenvalue weighted by Gasteiger charge is -2.08. The molecule has 2 heteroatoms. The van der Waals surface area contributed by atoms with Gasteiger partial charge >= 0.3 is 0 Å². The van der Waals surface area contributed by atoms with E-state index in [2.05, 4.69) is 19.1 Å². The van der Waals surface area contributed by atoms with Gasteiger partial charge in [-0.1, -0.05) is 81.8 Å². The number of para-hydroxylation sites is 2. The Hall–Kier alpha value is -2.22. The van der Waals surface area contributed by atoms with Crippen molar-refractivity contribution >= 4 is 0 Å². The van der Waals surface area contributed by atoms with E-state index in [1.165, 1.54) is 50.5 Å². The third kappa shape index (κ3) is 7.93. The van der Waals surface area contributed by atoms with Crippen molar-refractivity contribution in [1.29, 1.82) is 0 Å². The molecule has 0 bridgehead atoms. The van der Waals surface area contributed by atoms with E-state index in [-0.39, 0.29) is 0 Å². The fourth-order valence-corrected chi connectivity index (χ4v) is 2.80. The molecule has 2 aromatic carbocycles. The molecule has 0 spiro atoms. The number of rotatable bonds is 12. The molecule has 0 fully saturated rings. The van der Waals surface area contributed by atoms with Crippen molar-refractivity contribution in [1.82, 2.24) is 0 Å². The van der Waals surface area contributed by atoms with Crippen molar-refractivity contribution < 1.29 is 9.47 Å². The quantitative estimate of drug-likeness (QED) is 0.309. The molecule has 0 atom stereocenters. The predicted molar refractivity (Wildman–Crippen MR) is 105 cm³/mol. The van der Waals surface area contributed by atoms with Crippen molar-refractivity contribution in [2.45, 2.75) is 58.3 Å². The molecule has 0 saturated carbocycles. The molecular weight excluding hydrogens is 308 g/mol. The fraction of sp³-hybridized carbons (Fsp3) is 0.391. The highest BCUT2D eigenvalue weighted by Crippen LogP contribution is 2.21. The summed E-state index contributed by atoms with van der Waals surface area (Å²) in [6.45, 7) is 2.26. The van der Waals surface area contributed by atoms with Crippen LogP contribution in [0.4, 0.5) is 0 Å². The van der Waals surface area contributed by atoms with Crippen molar-refractivity contribution in [2.24, 2.45) is 0 Å². The van der Waals surface area contributed by atoms with Gasteiger partial charge in [0.15, 0.2) is 0 Å². The third-order valence-corrected chi connectivity index (χ3v) is 4.22. The highest BCUT2D eigenvalue weighted by molar-refractivity contribution is 5.34. The number of ether oxygens (including phenoxy) is 2. The second-order valence-electron chi connectivity index (χ2n) is 6.30. The Kier molecular flexibility index (Phi) is 9.32. The molecule has 0 aliphatic heterocycles. The maximum Gasteiger partial charge on any atom is 0.129 e. The van der Waals surface area contributed by atoms with Crippen LogP contribution in [0.3, 0.4) is 0 Å². The Bertz CT molecular complexity index is 604. The number of hydrogen-bond acceptors (Lipinski definition) is 2. The monoisotopic (exact) mass is 338 g/mol. The lowest BCUT2D eigenvalue weighted by Crippen LogP contribution is -1.93. The van der Waals surface area contributed by atoms with E-state index >= 15 is 0 Å². The topological polar surface area (TPSA) is 18.5 Å². The highest BCUT2D eigenvalue weighted by Gasteiger charge is 2.02. The minimum absolute atomic E-state index is 0.804. The maximum atomic E-state index is 5.76. The predicted octanol–water partition coefficient (Wildman–Crippen LogP) is 6.91. The molecule has 0 amide bonds. The first-order valence-corrected chi connectivity index (χ1v) is 9.51. The third-order valence-electron chi connectivity index (χ3n) is 4.22. The lowest BCUT2D eigenvalue weighted by atomic mass is 10.0. The van der Waals surface area contributed by atoms with Gasteiger partial charge < -0.3 is 9.47 Å². The molecular formula is C23H30O2. The van der Waals surface area contributed by atoms with Crippen molar-refractivity contribution in [2.75, 3.05) is 0 Å². The minimum Gasteiger partial charge on any atom is -0.462 e. The first kappa shape index (κ1) is 19.1. The van der Waals surface area contributed by atoms with Gasteiger partial charge in [0.2, 0.25) is 0 Å². The smallest absolute Gasteiger partial charge is 0.129 e.